The lowest BCUT2D eigenvalue weighted by Gasteiger charge is -2.37. The molecule has 5 heteroatoms. The first-order valence-electron chi connectivity index (χ1n) is 9.27. The number of carbonyl (C=O) groups excluding carboxylic acids is 2. The van der Waals surface area contributed by atoms with Gasteiger partial charge in [0.2, 0.25) is 5.91 Å². The molecule has 2 rings (SSSR count). The van der Waals surface area contributed by atoms with Crippen molar-refractivity contribution >= 4 is 11.9 Å². The lowest BCUT2D eigenvalue weighted by Crippen LogP contribution is -2.47. The fourth-order valence-corrected chi connectivity index (χ4v) is 3.60. The summed E-state index contributed by atoms with van der Waals surface area (Å²) in [6.07, 6.45) is 6.13. The van der Waals surface area contributed by atoms with Gasteiger partial charge in [0, 0.05) is 6.54 Å². The molecule has 1 aliphatic rings. The average Bonchev–Trinajstić information content (AvgIpc) is 2.61. The van der Waals surface area contributed by atoms with E-state index in [4.69, 9.17) is 10.5 Å². The SMILES string of the molecule is CCOC(=O)CC1(CNC(=O)C(N)Cc2ccccc2)CCCCC1. The zero-order valence-corrected chi connectivity index (χ0v) is 15.1. The van der Waals surface area contributed by atoms with Gasteiger partial charge < -0.3 is 15.8 Å². The second-order valence-electron chi connectivity index (χ2n) is 7.06. The highest BCUT2D eigenvalue weighted by atomic mass is 16.5. The average molecular weight is 346 g/mol. The first-order chi connectivity index (χ1) is 12.0. The molecule has 5 nitrogen and oxygen atoms in total. The minimum atomic E-state index is -0.578. The van der Waals surface area contributed by atoms with Crippen molar-refractivity contribution in [2.24, 2.45) is 11.1 Å². The minimum Gasteiger partial charge on any atom is -0.466 e. The molecule has 3 N–H and O–H groups in total. The standard InChI is InChI=1S/C20H30N2O3/c1-2-25-18(23)14-20(11-7-4-8-12-20)15-22-19(24)17(21)13-16-9-5-3-6-10-16/h3,5-6,9-10,17H,2,4,7-8,11-15,21H2,1H3,(H,22,24). The van der Waals surface area contributed by atoms with Gasteiger partial charge in [0.1, 0.15) is 0 Å². The summed E-state index contributed by atoms with van der Waals surface area (Å²) >= 11 is 0. The molecule has 1 atom stereocenters. The Kier molecular flexibility index (Phi) is 7.44. The van der Waals surface area contributed by atoms with Crippen LogP contribution in [-0.2, 0) is 20.7 Å². The second-order valence-corrected chi connectivity index (χ2v) is 7.06. The number of rotatable bonds is 8. The third kappa shape index (κ3) is 6.16. The molecule has 1 saturated carbocycles. The minimum absolute atomic E-state index is 0.155. The van der Waals surface area contributed by atoms with Crippen LogP contribution in [0.25, 0.3) is 0 Å². The molecule has 0 bridgehead atoms. The van der Waals surface area contributed by atoms with Crippen molar-refractivity contribution in [2.45, 2.75) is 57.9 Å². The number of hydrogen-bond acceptors (Lipinski definition) is 4. The molecular weight excluding hydrogens is 316 g/mol. The lowest BCUT2D eigenvalue weighted by atomic mass is 9.71. The smallest absolute Gasteiger partial charge is 0.306 e. The fraction of sp³-hybridized carbons (Fsp3) is 0.600. The molecule has 0 radical (unpaired) electrons. The zero-order chi connectivity index (χ0) is 18.1. The van der Waals surface area contributed by atoms with Crippen molar-refractivity contribution in [2.75, 3.05) is 13.2 Å². The Morgan fingerprint density at radius 3 is 2.52 bits per heavy atom. The van der Waals surface area contributed by atoms with E-state index in [1.54, 1.807) is 0 Å². The molecule has 0 aliphatic heterocycles. The maximum Gasteiger partial charge on any atom is 0.306 e. The van der Waals surface area contributed by atoms with E-state index >= 15 is 0 Å². The van der Waals surface area contributed by atoms with E-state index < -0.39 is 6.04 Å². The van der Waals surface area contributed by atoms with Crippen LogP contribution in [0, 0.1) is 5.41 Å². The van der Waals surface area contributed by atoms with Gasteiger partial charge in [-0.15, -0.1) is 0 Å². The number of carbonyl (C=O) groups is 2. The van der Waals surface area contributed by atoms with Gasteiger partial charge in [-0.3, -0.25) is 9.59 Å². The summed E-state index contributed by atoms with van der Waals surface area (Å²) in [5.41, 5.74) is 6.91. The van der Waals surface area contributed by atoms with Crippen LogP contribution in [0.15, 0.2) is 30.3 Å². The summed E-state index contributed by atoms with van der Waals surface area (Å²) in [5.74, 6) is -0.329. The van der Waals surface area contributed by atoms with Crippen molar-refractivity contribution in [1.82, 2.24) is 5.32 Å². The lowest BCUT2D eigenvalue weighted by molar-refractivity contribution is -0.146. The summed E-state index contributed by atoms with van der Waals surface area (Å²) in [7, 11) is 0. The Morgan fingerprint density at radius 1 is 1.20 bits per heavy atom. The van der Waals surface area contributed by atoms with Gasteiger partial charge in [-0.25, -0.2) is 0 Å². The highest BCUT2D eigenvalue weighted by Gasteiger charge is 2.35. The Bertz CT molecular complexity index is 553. The van der Waals surface area contributed by atoms with Gasteiger partial charge >= 0.3 is 5.97 Å². The van der Waals surface area contributed by atoms with Crippen LogP contribution in [0.2, 0.25) is 0 Å². The molecule has 25 heavy (non-hydrogen) atoms. The zero-order valence-electron chi connectivity index (χ0n) is 15.1. The molecule has 1 unspecified atom stereocenters. The maximum absolute atomic E-state index is 12.4. The topological polar surface area (TPSA) is 81.4 Å². The van der Waals surface area contributed by atoms with Crippen LogP contribution in [0.1, 0.15) is 51.0 Å². The molecule has 1 amide bonds. The van der Waals surface area contributed by atoms with Crippen molar-refractivity contribution in [3.63, 3.8) is 0 Å². The van der Waals surface area contributed by atoms with Crippen LogP contribution >= 0.6 is 0 Å². The predicted molar refractivity (Wildman–Crippen MR) is 97.9 cm³/mol. The number of benzene rings is 1. The third-order valence-electron chi connectivity index (χ3n) is 5.01. The molecule has 1 aromatic rings. The number of nitrogens with one attached hydrogen (secondary N) is 1. The highest BCUT2D eigenvalue weighted by Crippen LogP contribution is 2.39. The summed E-state index contributed by atoms with van der Waals surface area (Å²) in [6.45, 7) is 2.70. The maximum atomic E-state index is 12.4. The summed E-state index contributed by atoms with van der Waals surface area (Å²) in [4.78, 5) is 24.4. The van der Waals surface area contributed by atoms with E-state index in [1.165, 1.54) is 6.42 Å². The van der Waals surface area contributed by atoms with E-state index in [0.29, 0.717) is 26.0 Å². The highest BCUT2D eigenvalue weighted by molar-refractivity contribution is 5.82. The van der Waals surface area contributed by atoms with Crippen LogP contribution in [-0.4, -0.2) is 31.1 Å². The first kappa shape index (κ1) is 19.4. The Labute approximate surface area is 150 Å². The number of hydrogen-bond donors (Lipinski definition) is 2. The van der Waals surface area contributed by atoms with Crippen molar-refractivity contribution in [1.29, 1.82) is 0 Å². The summed E-state index contributed by atoms with van der Waals surface area (Å²) < 4.78 is 5.13. The molecular formula is C20H30N2O3. The van der Waals surface area contributed by atoms with Crippen LogP contribution in [0.5, 0.6) is 0 Å². The van der Waals surface area contributed by atoms with Gasteiger partial charge in [0.05, 0.1) is 19.1 Å². The molecule has 0 saturated heterocycles. The third-order valence-corrected chi connectivity index (χ3v) is 5.01. The van der Waals surface area contributed by atoms with Crippen LogP contribution < -0.4 is 11.1 Å². The normalized spacial score (nSPS) is 17.5. The summed E-state index contributed by atoms with van der Waals surface area (Å²) in [5, 5.41) is 2.99. The number of esters is 1. The van der Waals surface area contributed by atoms with Gasteiger partial charge in [-0.2, -0.15) is 0 Å². The van der Waals surface area contributed by atoms with E-state index in [9.17, 15) is 9.59 Å². The Hall–Kier alpha value is -1.88. The molecule has 1 aromatic carbocycles. The van der Waals surface area contributed by atoms with E-state index in [2.05, 4.69) is 5.32 Å². The van der Waals surface area contributed by atoms with E-state index in [-0.39, 0.29) is 17.3 Å². The number of nitrogens with two attached hydrogens (primary N) is 1. The van der Waals surface area contributed by atoms with Crippen molar-refractivity contribution in [3.8, 4) is 0 Å². The largest absolute Gasteiger partial charge is 0.466 e. The Morgan fingerprint density at radius 2 is 1.88 bits per heavy atom. The van der Waals surface area contributed by atoms with Crippen LogP contribution in [0.3, 0.4) is 0 Å². The van der Waals surface area contributed by atoms with Crippen molar-refractivity contribution in [3.05, 3.63) is 35.9 Å². The number of ether oxygens (including phenoxy) is 1. The van der Waals surface area contributed by atoms with Gasteiger partial charge in [0.15, 0.2) is 0 Å². The molecule has 0 aromatic heterocycles. The Balaban J connectivity index is 1.90. The first-order valence-corrected chi connectivity index (χ1v) is 9.27. The molecule has 1 fully saturated rings. The molecule has 0 heterocycles. The predicted octanol–water partition coefficient (Wildman–Crippen LogP) is 2.58. The number of amides is 1. The quantitative estimate of drug-likeness (QED) is 0.709. The molecule has 138 valence electrons. The fourth-order valence-electron chi connectivity index (χ4n) is 3.60. The molecule has 0 spiro atoms. The summed E-state index contributed by atoms with van der Waals surface area (Å²) in [6, 6.07) is 9.18. The van der Waals surface area contributed by atoms with Gasteiger partial charge in [0.25, 0.3) is 0 Å². The second kappa shape index (κ2) is 9.56. The van der Waals surface area contributed by atoms with E-state index in [0.717, 1.165) is 31.2 Å². The van der Waals surface area contributed by atoms with E-state index in [1.807, 2.05) is 37.3 Å². The van der Waals surface area contributed by atoms with Gasteiger partial charge in [-0.1, -0.05) is 49.6 Å². The van der Waals surface area contributed by atoms with Gasteiger partial charge in [-0.05, 0) is 37.2 Å². The van der Waals surface area contributed by atoms with Crippen molar-refractivity contribution < 1.29 is 14.3 Å². The molecule has 1 aliphatic carbocycles. The monoisotopic (exact) mass is 346 g/mol. The van der Waals surface area contributed by atoms with Crippen LogP contribution in [0.4, 0.5) is 0 Å².